The Morgan fingerprint density at radius 1 is 1.05 bits per heavy atom. The molecule has 0 fully saturated rings. The number of carbonyl (C=O) groups is 1. The van der Waals surface area contributed by atoms with E-state index in [1.807, 2.05) is 0 Å². The first kappa shape index (κ1) is 31.4. The van der Waals surface area contributed by atoms with Crippen molar-refractivity contribution in [2.45, 2.75) is 49.4 Å². The summed E-state index contributed by atoms with van der Waals surface area (Å²) in [5.41, 5.74) is -6.66. The number of halogens is 8. The van der Waals surface area contributed by atoms with Crippen molar-refractivity contribution in [3.63, 3.8) is 0 Å². The zero-order valence-corrected chi connectivity index (χ0v) is 22.2. The lowest BCUT2D eigenvalue weighted by molar-refractivity contribution is -0.152. The summed E-state index contributed by atoms with van der Waals surface area (Å²) in [7, 11) is -4.13. The third-order valence-electron chi connectivity index (χ3n) is 6.31. The van der Waals surface area contributed by atoms with Gasteiger partial charge in [0.2, 0.25) is 15.3 Å². The largest absolute Gasteiger partial charge is 0.492 e. The Morgan fingerprint density at radius 2 is 1.65 bits per heavy atom. The Bertz CT molecular complexity index is 1340. The number of hydrogen-bond donors (Lipinski definition) is 0. The summed E-state index contributed by atoms with van der Waals surface area (Å²) < 4.78 is 147. The normalized spacial score (nSPS) is 19.5. The average Bonchev–Trinajstić information content (AvgIpc) is 2.93. The summed E-state index contributed by atoms with van der Waals surface area (Å²) in [5, 5.41) is 0. The second-order valence-electron chi connectivity index (χ2n) is 9.88. The van der Waals surface area contributed by atoms with Gasteiger partial charge in [0.05, 0.1) is 28.7 Å². The van der Waals surface area contributed by atoms with Crippen LogP contribution in [-0.2, 0) is 25.5 Å². The van der Waals surface area contributed by atoms with Crippen LogP contribution in [-0.4, -0.2) is 46.3 Å². The molecule has 0 aromatic heterocycles. The zero-order chi connectivity index (χ0) is 30.3. The van der Waals surface area contributed by atoms with Gasteiger partial charge in [-0.3, -0.25) is 4.79 Å². The smallest absolute Gasteiger partial charge is 0.420 e. The lowest BCUT2D eigenvalue weighted by Crippen LogP contribution is -2.32. The van der Waals surface area contributed by atoms with Gasteiger partial charge in [0.15, 0.2) is 0 Å². The highest BCUT2D eigenvalue weighted by Crippen LogP contribution is 2.47. The van der Waals surface area contributed by atoms with Crippen molar-refractivity contribution in [3.05, 3.63) is 47.8 Å². The number of carbonyl (C=O) groups excluding carboxylic acids is 1. The van der Waals surface area contributed by atoms with Gasteiger partial charge in [-0.2, -0.15) is 26.3 Å². The molecule has 3 rings (SSSR count). The Morgan fingerprint density at radius 3 is 2.17 bits per heavy atom. The average molecular weight is 604 g/mol. The molecule has 0 unspecified atom stereocenters. The molecule has 0 saturated carbocycles. The minimum Gasteiger partial charge on any atom is -0.492 e. The van der Waals surface area contributed by atoms with Crippen LogP contribution < -0.4 is 9.64 Å². The molecule has 6 nitrogen and oxygen atoms in total. The molecule has 40 heavy (non-hydrogen) atoms. The maximum absolute atomic E-state index is 15.5. The summed E-state index contributed by atoms with van der Waals surface area (Å²) in [6.45, 7) is 1.13. The van der Waals surface area contributed by atoms with Gasteiger partial charge in [-0.05, 0) is 50.6 Å². The summed E-state index contributed by atoms with van der Waals surface area (Å²) >= 11 is 0. The fourth-order valence-corrected chi connectivity index (χ4v) is 5.85. The molecule has 222 valence electrons. The van der Waals surface area contributed by atoms with Crippen LogP contribution in [0.4, 0.5) is 46.5 Å². The topological polar surface area (TPSA) is 72.9 Å². The molecule has 0 saturated heterocycles. The Balaban J connectivity index is 2.25. The predicted octanol–water partition coefficient (Wildman–Crippen LogP) is 6.60. The molecule has 0 radical (unpaired) electrons. The van der Waals surface area contributed by atoms with Crippen LogP contribution in [0.1, 0.15) is 32.3 Å². The minimum absolute atomic E-state index is 0.0856. The number of rotatable bonds is 7. The summed E-state index contributed by atoms with van der Waals surface area (Å²) in [5.74, 6) is -4.47. The maximum Gasteiger partial charge on any atom is 0.420 e. The molecule has 0 spiro atoms. The molecule has 2 aromatic carbocycles. The van der Waals surface area contributed by atoms with E-state index < -0.39 is 98.7 Å². The molecular weight excluding hydrogens is 578 g/mol. The van der Waals surface area contributed by atoms with Crippen molar-refractivity contribution in [3.8, 4) is 5.75 Å². The van der Waals surface area contributed by atoms with Gasteiger partial charge in [-0.25, -0.2) is 17.2 Å². The molecule has 0 bridgehead atoms. The van der Waals surface area contributed by atoms with Gasteiger partial charge in [0.25, 0.3) is 0 Å². The predicted molar refractivity (Wildman–Crippen MR) is 127 cm³/mol. The van der Waals surface area contributed by atoms with Crippen molar-refractivity contribution >= 4 is 27.2 Å². The van der Waals surface area contributed by atoms with Gasteiger partial charge in [0, 0.05) is 30.6 Å². The Labute approximate surface area is 224 Å². The number of alkyl halides is 7. The molecule has 0 aliphatic carbocycles. The van der Waals surface area contributed by atoms with E-state index in [0.29, 0.717) is 12.1 Å². The van der Waals surface area contributed by atoms with Crippen molar-refractivity contribution < 1.29 is 57.8 Å². The first-order valence-electron chi connectivity index (χ1n) is 11.7. The van der Waals surface area contributed by atoms with E-state index in [9.17, 15) is 43.9 Å². The molecule has 2 aromatic rings. The van der Waals surface area contributed by atoms with Gasteiger partial charge in [-0.1, -0.05) is 0 Å². The van der Waals surface area contributed by atoms with E-state index in [-0.39, 0.29) is 5.69 Å². The van der Waals surface area contributed by atoms with Crippen LogP contribution in [0.3, 0.4) is 0 Å². The van der Waals surface area contributed by atoms with E-state index in [1.165, 1.54) is 13.8 Å². The lowest BCUT2D eigenvalue weighted by Gasteiger charge is -2.29. The van der Waals surface area contributed by atoms with Crippen LogP contribution in [0.2, 0.25) is 0 Å². The fourth-order valence-electron chi connectivity index (χ4n) is 4.15. The van der Waals surface area contributed by atoms with E-state index in [1.54, 1.807) is 0 Å². The molecular formula is C25H25F8NO5S. The summed E-state index contributed by atoms with van der Waals surface area (Å²) in [4.78, 5) is 11.9. The zero-order valence-electron chi connectivity index (χ0n) is 21.4. The number of anilines is 2. The highest BCUT2D eigenvalue weighted by atomic mass is 32.2. The van der Waals surface area contributed by atoms with Crippen LogP contribution in [0, 0.1) is 17.2 Å². The molecule has 2 atom stereocenters. The third-order valence-corrected chi connectivity index (χ3v) is 8.23. The van der Waals surface area contributed by atoms with Gasteiger partial charge in [-0.15, -0.1) is 0 Å². The number of benzene rings is 2. The Kier molecular flexibility index (Phi) is 8.68. The lowest BCUT2D eigenvalue weighted by atomic mass is 9.95. The second-order valence-corrected chi connectivity index (χ2v) is 11.9. The van der Waals surface area contributed by atoms with Crippen LogP contribution in [0.15, 0.2) is 41.3 Å². The second kappa shape index (κ2) is 11.1. The monoisotopic (exact) mass is 603 g/mol. The number of nitrogens with zero attached hydrogens (tertiary/aromatic N) is 1. The first-order valence-corrected chi connectivity index (χ1v) is 13.3. The van der Waals surface area contributed by atoms with Gasteiger partial charge in [0.1, 0.15) is 18.2 Å². The number of fused-ring (bicyclic) bond motifs is 1. The molecule has 0 amide bonds. The molecule has 0 N–H and O–H groups in total. The van der Waals surface area contributed by atoms with Crippen molar-refractivity contribution in [1.82, 2.24) is 0 Å². The standard InChI is InChI=1S/C25H25F8NO5S/c1-23(2,22(35)38-3)13-39-19-11-20-18(10-17(19)25(31,32)33)34(16-6-4-15(26)5-7-16)12-14(8-9-24(28,29)30)21(27)40(20,36)37/h4-7,10-11,14,21H,8-9,12-13H2,1-3H3/t14-,21+/m0/s1. The van der Waals surface area contributed by atoms with E-state index in [4.69, 9.17) is 4.74 Å². The number of ether oxygens (including phenoxy) is 2. The number of hydrogen-bond acceptors (Lipinski definition) is 6. The van der Waals surface area contributed by atoms with Crippen molar-refractivity contribution in [1.29, 1.82) is 0 Å². The third kappa shape index (κ3) is 6.78. The van der Waals surface area contributed by atoms with E-state index in [2.05, 4.69) is 4.74 Å². The highest BCUT2D eigenvalue weighted by Gasteiger charge is 2.46. The first-order chi connectivity index (χ1) is 18.3. The van der Waals surface area contributed by atoms with Gasteiger partial charge >= 0.3 is 18.3 Å². The molecule has 1 aliphatic heterocycles. The van der Waals surface area contributed by atoms with Crippen LogP contribution in [0.25, 0.3) is 0 Å². The molecule has 1 heterocycles. The number of sulfone groups is 1. The van der Waals surface area contributed by atoms with E-state index in [0.717, 1.165) is 36.3 Å². The van der Waals surface area contributed by atoms with Crippen molar-refractivity contribution in [2.75, 3.05) is 25.2 Å². The SMILES string of the molecule is COC(=O)C(C)(C)COc1cc2c(cc1C(F)(F)F)N(c1ccc(F)cc1)C[C@H](CCC(F)(F)F)[C@H](F)S2(=O)=O. The van der Waals surface area contributed by atoms with Crippen LogP contribution in [0.5, 0.6) is 5.75 Å². The number of esters is 1. The summed E-state index contributed by atoms with van der Waals surface area (Å²) in [6.07, 6.45) is -12.4. The van der Waals surface area contributed by atoms with Crippen LogP contribution >= 0.6 is 0 Å². The minimum atomic E-state index is -5.17. The Hall–Kier alpha value is -3.10. The fraction of sp³-hybridized carbons (Fsp3) is 0.480. The number of methoxy groups -OCH3 is 1. The van der Waals surface area contributed by atoms with Crippen molar-refractivity contribution in [2.24, 2.45) is 11.3 Å². The molecule has 1 aliphatic rings. The quantitative estimate of drug-likeness (QED) is 0.262. The van der Waals surface area contributed by atoms with E-state index >= 15 is 4.39 Å². The van der Waals surface area contributed by atoms with Gasteiger partial charge < -0.3 is 14.4 Å². The maximum atomic E-state index is 15.5. The highest BCUT2D eigenvalue weighted by molar-refractivity contribution is 7.92. The summed E-state index contributed by atoms with van der Waals surface area (Å²) in [6, 6.07) is 4.78. The molecule has 15 heteroatoms.